The molecule has 0 atom stereocenters. The van der Waals surface area contributed by atoms with Crippen LogP contribution in [0.15, 0.2) is 24.4 Å². The van der Waals surface area contributed by atoms with Gasteiger partial charge in [-0.2, -0.15) is 27.2 Å². The second kappa shape index (κ2) is 11.9. The van der Waals surface area contributed by atoms with Gasteiger partial charge in [-0.1, -0.05) is 0 Å². The van der Waals surface area contributed by atoms with E-state index in [0.717, 1.165) is 17.0 Å². The fraction of sp³-hybridized carbons (Fsp3) is 0.542. The van der Waals surface area contributed by atoms with Crippen LogP contribution in [0, 0.1) is 11.3 Å². The SMILES string of the molecule is CCOP(=O)(OCC)C(F)(F)c1cc2cc(N(CCCC(F)(F)F)C(=O)OC(C)(C)C)ncc2cc1C#N. The minimum atomic E-state index is -5.05. The number of aromatic nitrogens is 1. The zero-order valence-corrected chi connectivity index (χ0v) is 22.5. The number of anilines is 1. The molecule has 0 aliphatic heterocycles. The molecule has 0 bridgehead atoms. The molecule has 38 heavy (non-hydrogen) atoms. The summed E-state index contributed by atoms with van der Waals surface area (Å²) in [6.45, 7) is 6.30. The van der Waals surface area contributed by atoms with Crippen LogP contribution in [0.4, 0.5) is 32.6 Å². The second-order valence-corrected chi connectivity index (χ2v) is 11.2. The Morgan fingerprint density at radius 2 is 1.66 bits per heavy atom. The Morgan fingerprint density at radius 1 is 1.05 bits per heavy atom. The first kappa shape index (κ1) is 31.4. The molecule has 0 unspecified atom stereocenters. The van der Waals surface area contributed by atoms with Gasteiger partial charge in [-0.05, 0) is 64.6 Å². The molecule has 1 heterocycles. The molecule has 8 nitrogen and oxygen atoms in total. The van der Waals surface area contributed by atoms with Crippen molar-refractivity contribution in [3.8, 4) is 6.07 Å². The van der Waals surface area contributed by atoms with Crippen LogP contribution in [-0.4, -0.2) is 42.6 Å². The minimum absolute atomic E-state index is 0.0487. The highest BCUT2D eigenvalue weighted by Crippen LogP contribution is 2.67. The summed E-state index contributed by atoms with van der Waals surface area (Å²) in [7, 11) is -5.05. The van der Waals surface area contributed by atoms with Crippen LogP contribution in [0.3, 0.4) is 0 Å². The average molecular weight is 565 g/mol. The molecule has 1 aromatic heterocycles. The number of pyridine rings is 1. The lowest BCUT2D eigenvalue weighted by Gasteiger charge is -2.28. The first-order chi connectivity index (χ1) is 17.5. The van der Waals surface area contributed by atoms with E-state index in [1.807, 2.05) is 0 Å². The van der Waals surface area contributed by atoms with Gasteiger partial charge in [0.2, 0.25) is 0 Å². The van der Waals surface area contributed by atoms with Crippen LogP contribution in [0.5, 0.6) is 0 Å². The van der Waals surface area contributed by atoms with Crippen molar-refractivity contribution in [1.82, 2.24) is 4.98 Å². The summed E-state index contributed by atoms with van der Waals surface area (Å²) >= 11 is 0. The number of carbonyl (C=O) groups excluding carboxylic acids is 1. The Bertz CT molecular complexity index is 1230. The highest BCUT2D eigenvalue weighted by molar-refractivity contribution is 7.54. The molecule has 0 radical (unpaired) electrons. The number of fused-ring (bicyclic) bond motifs is 1. The van der Waals surface area contributed by atoms with Crippen molar-refractivity contribution >= 4 is 30.3 Å². The van der Waals surface area contributed by atoms with E-state index in [1.165, 1.54) is 26.1 Å². The molecule has 210 valence electrons. The van der Waals surface area contributed by atoms with Crippen molar-refractivity contribution in [2.45, 2.75) is 64.9 Å². The summed E-state index contributed by atoms with van der Waals surface area (Å²) in [6, 6.07) is 4.83. The van der Waals surface area contributed by atoms with E-state index >= 15 is 8.78 Å². The zero-order chi connectivity index (χ0) is 28.9. The molecule has 14 heteroatoms. The predicted octanol–water partition coefficient (Wildman–Crippen LogP) is 7.51. The topological polar surface area (TPSA) is 102 Å². The van der Waals surface area contributed by atoms with Crippen LogP contribution >= 0.6 is 7.60 Å². The second-order valence-electron chi connectivity index (χ2n) is 9.12. The maximum Gasteiger partial charge on any atom is 0.416 e. The van der Waals surface area contributed by atoms with E-state index in [1.54, 1.807) is 26.8 Å². The lowest BCUT2D eigenvalue weighted by molar-refractivity contribution is -0.135. The van der Waals surface area contributed by atoms with Gasteiger partial charge in [0.1, 0.15) is 11.4 Å². The van der Waals surface area contributed by atoms with E-state index in [4.69, 9.17) is 13.8 Å². The number of ether oxygens (including phenoxy) is 1. The number of hydrogen-bond donors (Lipinski definition) is 0. The van der Waals surface area contributed by atoms with E-state index in [-0.39, 0.29) is 29.8 Å². The van der Waals surface area contributed by atoms with Crippen molar-refractivity contribution < 1.29 is 45.1 Å². The Morgan fingerprint density at radius 3 is 2.16 bits per heavy atom. The Balaban J connectivity index is 2.64. The lowest BCUT2D eigenvalue weighted by Crippen LogP contribution is -2.38. The van der Waals surface area contributed by atoms with Gasteiger partial charge in [0.05, 0.1) is 30.4 Å². The van der Waals surface area contributed by atoms with Crippen LogP contribution in [0.25, 0.3) is 10.8 Å². The number of benzene rings is 1. The largest absolute Gasteiger partial charge is 0.443 e. The van der Waals surface area contributed by atoms with Crippen LogP contribution in [0.2, 0.25) is 0 Å². The molecule has 2 aromatic rings. The summed E-state index contributed by atoms with van der Waals surface area (Å²) in [4.78, 5) is 17.8. The van der Waals surface area contributed by atoms with E-state index in [9.17, 15) is 27.8 Å². The standard InChI is InChI=1S/C24H29F5N3O5P/c1-6-35-38(34,36-7-2)24(28,29)19-12-16-13-20(31-15-18(16)11-17(19)14-30)32(10-8-9-23(25,26)27)21(33)37-22(3,4)5/h11-13,15H,6-10H2,1-5H3. The van der Waals surface area contributed by atoms with Crippen molar-refractivity contribution in [3.05, 3.63) is 35.5 Å². The smallest absolute Gasteiger partial charge is 0.416 e. The first-order valence-electron chi connectivity index (χ1n) is 11.7. The number of nitriles is 1. The van der Waals surface area contributed by atoms with Crippen LogP contribution in [-0.2, 0) is 24.0 Å². The van der Waals surface area contributed by atoms with Crippen LogP contribution < -0.4 is 4.90 Å². The fourth-order valence-electron chi connectivity index (χ4n) is 3.41. The third kappa shape index (κ3) is 7.62. The number of amides is 1. The summed E-state index contributed by atoms with van der Waals surface area (Å²) in [5.74, 6) is -0.161. The molecule has 0 fully saturated rings. The minimum Gasteiger partial charge on any atom is -0.443 e. The molecule has 0 aliphatic carbocycles. The number of halogens is 5. The maximum atomic E-state index is 15.5. The van der Waals surface area contributed by atoms with E-state index in [0.29, 0.717) is 0 Å². The van der Waals surface area contributed by atoms with Gasteiger partial charge in [-0.3, -0.25) is 9.46 Å². The zero-order valence-electron chi connectivity index (χ0n) is 21.6. The number of rotatable bonds is 10. The number of alkyl halides is 5. The number of carbonyl (C=O) groups is 1. The van der Waals surface area contributed by atoms with E-state index < -0.39 is 61.6 Å². The highest BCUT2D eigenvalue weighted by atomic mass is 31.2. The Labute approximate surface area is 217 Å². The molecule has 0 aliphatic rings. The lowest BCUT2D eigenvalue weighted by atomic mass is 10.0. The van der Waals surface area contributed by atoms with Gasteiger partial charge in [0, 0.05) is 24.5 Å². The normalized spacial score (nSPS) is 12.9. The third-order valence-corrected chi connectivity index (χ3v) is 7.09. The van der Waals surface area contributed by atoms with Crippen molar-refractivity contribution in [2.75, 3.05) is 24.7 Å². The van der Waals surface area contributed by atoms with Gasteiger partial charge in [0.25, 0.3) is 0 Å². The predicted molar refractivity (Wildman–Crippen MR) is 130 cm³/mol. The van der Waals surface area contributed by atoms with Gasteiger partial charge >= 0.3 is 25.5 Å². The third-order valence-electron chi connectivity index (χ3n) is 4.96. The molecule has 0 spiro atoms. The van der Waals surface area contributed by atoms with Gasteiger partial charge < -0.3 is 13.8 Å². The van der Waals surface area contributed by atoms with Gasteiger partial charge in [-0.25, -0.2) is 9.78 Å². The average Bonchev–Trinajstić information content (AvgIpc) is 2.79. The maximum absolute atomic E-state index is 15.5. The number of hydrogen-bond acceptors (Lipinski definition) is 7. The molecule has 0 saturated carbocycles. The van der Waals surface area contributed by atoms with Crippen LogP contribution in [0.1, 0.15) is 58.6 Å². The molecule has 0 N–H and O–H groups in total. The highest BCUT2D eigenvalue weighted by Gasteiger charge is 2.56. The summed E-state index contributed by atoms with van der Waals surface area (Å²) in [5.41, 5.74) is -6.65. The molecule has 1 aromatic carbocycles. The summed E-state index contributed by atoms with van der Waals surface area (Å²) in [5, 5.41) is 9.78. The van der Waals surface area contributed by atoms with Crippen molar-refractivity contribution in [3.63, 3.8) is 0 Å². The fourth-order valence-corrected chi connectivity index (χ4v) is 4.97. The number of nitrogens with zero attached hydrogens (tertiary/aromatic N) is 3. The molecule has 2 rings (SSSR count). The Hall–Kier alpha value is -2.81. The molecule has 0 saturated heterocycles. The van der Waals surface area contributed by atoms with Gasteiger partial charge in [-0.15, -0.1) is 0 Å². The molecule has 1 amide bonds. The summed E-state index contributed by atoms with van der Waals surface area (Å²) < 4.78 is 97.1. The van der Waals surface area contributed by atoms with E-state index in [2.05, 4.69) is 4.98 Å². The monoisotopic (exact) mass is 565 g/mol. The van der Waals surface area contributed by atoms with Crippen molar-refractivity contribution in [1.29, 1.82) is 5.26 Å². The summed E-state index contributed by atoms with van der Waals surface area (Å²) in [6.07, 6.45) is -5.90. The molecular weight excluding hydrogens is 536 g/mol. The molecular formula is C24H29F5N3O5P. The quantitative estimate of drug-likeness (QED) is 0.217. The van der Waals surface area contributed by atoms with Gasteiger partial charge in [0.15, 0.2) is 0 Å². The Kier molecular flexibility index (Phi) is 9.86. The first-order valence-corrected chi connectivity index (χ1v) is 13.2. The van der Waals surface area contributed by atoms with Crippen molar-refractivity contribution in [2.24, 2.45) is 0 Å².